The molecule has 0 aliphatic heterocycles. The molecule has 0 amide bonds. The van der Waals surface area contributed by atoms with Gasteiger partial charge in [0.15, 0.2) is 0 Å². The highest BCUT2D eigenvalue weighted by Gasteiger charge is 2.10. The molecule has 0 fully saturated rings. The molecule has 0 atom stereocenters. The fraction of sp³-hybridized carbons (Fsp3) is 0.938. The topological polar surface area (TPSA) is 70.0 Å². The minimum Gasteiger partial charge on any atom is -0.413 e. The van der Waals surface area contributed by atoms with E-state index in [-0.39, 0.29) is 0 Å². The molecule has 0 aromatic heterocycles. The zero-order chi connectivity index (χ0) is 28.6. The number of hydrogen-bond donors (Lipinski definition) is 2. The highest BCUT2D eigenvalue weighted by Crippen LogP contribution is 2.35. The number of phosphoric acid groups is 1. The van der Waals surface area contributed by atoms with Crippen LogP contribution < -0.4 is 0 Å². The van der Waals surface area contributed by atoms with Gasteiger partial charge in [-0.1, -0.05) is 155 Å². The summed E-state index contributed by atoms with van der Waals surface area (Å²) in [4.78, 5) is 19.2. The van der Waals surface area contributed by atoms with Gasteiger partial charge in [-0.15, -0.1) is 0 Å². The Morgan fingerprint density at radius 2 is 0.868 bits per heavy atom. The van der Waals surface area contributed by atoms with Crippen LogP contribution in [0.3, 0.4) is 0 Å². The van der Waals surface area contributed by atoms with E-state index in [1.165, 1.54) is 154 Å². The van der Waals surface area contributed by atoms with E-state index < -0.39 is 7.82 Å². The van der Waals surface area contributed by atoms with Crippen molar-refractivity contribution in [1.29, 1.82) is 0 Å². The number of unbranched alkanes of at least 4 members (excludes halogenated alkanes) is 23. The fourth-order valence-corrected chi connectivity index (χ4v) is 4.81. The van der Waals surface area contributed by atoms with E-state index >= 15 is 0 Å². The lowest BCUT2D eigenvalue weighted by Gasteiger charge is -2.08. The first-order valence-electron chi connectivity index (χ1n) is 16.4. The van der Waals surface area contributed by atoms with Crippen LogP contribution in [0.2, 0.25) is 0 Å². The summed E-state index contributed by atoms with van der Waals surface area (Å²) >= 11 is 0. The maximum atomic E-state index is 10.4. The summed E-state index contributed by atoms with van der Waals surface area (Å²) in [6.45, 7) is 5.80. The maximum Gasteiger partial charge on any atom is 0.524 e. The molecule has 230 valence electrons. The van der Waals surface area contributed by atoms with Crippen molar-refractivity contribution >= 4 is 7.82 Å². The van der Waals surface area contributed by atoms with Crippen molar-refractivity contribution < 1.29 is 18.9 Å². The van der Waals surface area contributed by atoms with Gasteiger partial charge in [-0.2, -0.15) is 0 Å². The van der Waals surface area contributed by atoms with Gasteiger partial charge in [0, 0.05) is 0 Å². The quantitative estimate of drug-likeness (QED) is 0.0565. The van der Waals surface area contributed by atoms with Crippen molar-refractivity contribution in [2.24, 2.45) is 0 Å². The second kappa shape index (κ2) is 32.9. The summed E-state index contributed by atoms with van der Waals surface area (Å²) in [5.74, 6) is 0. The summed E-state index contributed by atoms with van der Waals surface area (Å²) in [6, 6.07) is 0. The Morgan fingerprint density at radius 3 is 1.18 bits per heavy atom. The van der Waals surface area contributed by atoms with Crippen LogP contribution in [0.4, 0.5) is 0 Å². The van der Waals surface area contributed by atoms with Gasteiger partial charge < -0.3 is 9.42 Å². The molecule has 0 saturated heterocycles. The van der Waals surface area contributed by atoms with Gasteiger partial charge >= 0.3 is 7.82 Å². The molecule has 0 rings (SSSR count). The molecule has 0 unspecified atom stereocenters. The minimum atomic E-state index is -4.34. The molecule has 0 radical (unpaired) electrons. The van der Waals surface area contributed by atoms with Crippen LogP contribution in [0.25, 0.3) is 0 Å². The fourth-order valence-electron chi connectivity index (χ4n) is 4.56. The van der Waals surface area contributed by atoms with Crippen LogP contribution >= 0.6 is 7.82 Å². The largest absolute Gasteiger partial charge is 0.524 e. The van der Waals surface area contributed by atoms with E-state index in [0.717, 1.165) is 19.1 Å². The Kier molecular flexibility index (Phi) is 34.4. The molecule has 2 N–H and O–H groups in total. The molecule has 0 aliphatic carbocycles. The molecule has 0 heterocycles. The van der Waals surface area contributed by atoms with Gasteiger partial charge in [-0.3, -0.25) is 9.79 Å². The molecule has 6 heteroatoms. The third kappa shape index (κ3) is 42.7. The van der Waals surface area contributed by atoms with E-state index in [1.54, 1.807) is 6.08 Å². The average molecular weight is 562 g/mol. The van der Waals surface area contributed by atoms with E-state index in [9.17, 15) is 4.57 Å². The van der Waals surface area contributed by atoms with Crippen LogP contribution in [0, 0.1) is 0 Å². The molecule has 0 aromatic rings. The number of rotatable bonds is 28. The Morgan fingerprint density at radius 1 is 0.553 bits per heavy atom. The Bertz CT molecular complexity index is 508. The molecular formula is C32H68NO4P. The lowest BCUT2D eigenvalue weighted by molar-refractivity contribution is 0.258. The lowest BCUT2D eigenvalue weighted by atomic mass is 10.0. The molecule has 0 aromatic carbocycles. The van der Waals surface area contributed by atoms with E-state index in [2.05, 4.69) is 37.4 Å². The molecule has 5 nitrogen and oxygen atoms in total. The maximum absolute atomic E-state index is 10.4. The summed E-state index contributed by atoms with van der Waals surface area (Å²) in [6.07, 6.45) is 36.6. The third-order valence-corrected chi connectivity index (χ3v) is 7.37. The Balaban J connectivity index is 0. The molecule has 0 spiro atoms. The van der Waals surface area contributed by atoms with Crippen LogP contribution in [-0.4, -0.2) is 35.3 Å². The molecule has 0 aliphatic rings. The SMILES string of the molecule is CCCCCCCCCCCCCCCCC=COP(=O)(O)O.CCCCCCCCCCCCN(C)C. The highest BCUT2D eigenvalue weighted by atomic mass is 31.2. The van der Waals surface area contributed by atoms with Crippen molar-refractivity contribution in [2.45, 2.75) is 174 Å². The predicted octanol–water partition coefficient (Wildman–Crippen LogP) is 10.9. The Labute approximate surface area is 238 Å². The first kappa shape index (κ1) is 39.8. The number of hydrogen-bond acceptors (Lipinski definition) is 3. The monoisotopic (exact) mass is 561 g/mol. The van der Waals surface area contributed by atoms with Crippen LogP contribution in [0.1, 0.15) is 174 Å². The standard InChI is InChI=1S/C18H37O4P.C14H31N/c1-2-3-4-5-6-7-8-9-10-11-12-13-14-15-16-17-18-22-23(19,20)21;1-4-5-6-7-8-9-10-11-12-13-14-15(2)3/h17-18H,2-16H2,1H3,(H2,19,20,21);4-14H2,1-3H3. The zero-order valence-electron chi connectivity index (χ0n) is 26.1. The smallest absolute Gasteiger partial charge is 0.413 e. The summed E-state index contributed by atoms with van der Waals surface area (Å²) in [5, 5.41) is 0. The van der Waals surface area contributed by atoms with E-state index in [4.69, 9.17) is 9.79 Å². The second-order valence-corrected chi connectivity index (χ2v) is 12.5. The normalized spacial score (nSPS) is 11.8. The molecule has 38 heavy (non-hydrogen) atoms. The van der Waals surface area contributed by atoms with Crippen molar-refractivity contribution in [1.82, 2.24) is 4.90 Å². The van der Waals surface area contributed by atoms with Crippen LogP contribution in [0.5, 0.6) is 0 Å². The third-order valence-electron chi connectivity index (χ3n) is 6.98. The van der Waals surface area contributed by atoms with Gasteiger partial charge in [0.05, 0.1) is 6.26 Å². The number of allylic oxidation sites excluding steroid dienone is 1. The predicted molar refractivity (Wildman–Crippen MR) is 168 cm³/mol. The molecular weight excluding hydrogens is 493 g/mol. The van der Waals surface area contributed by atoms with Gasteiger partial charge in [0.2, 0.25) is 0 Å². The Hall–Kier alpha value is -0.350. The van der Waals surface area contributed by atoms with Crippen molar-refractivity contribution in [3.63, 3.8) is 0 Å². The van der Waals surface area contributed by atoms with Crippen molar-refractivity contribution in [3.05, 3.63) is 12.3 Å². The van der Waals surface area contributed by atoms with E-state index in [0.29, 0.717) is 0 Å². The van der Waals surface area contributed by atoms with Gasteiger partial charge in [-0.25, -0.2) is 4.57 Å². The summed E-state index contributed by atoms with van der Waals surface area (Å²) in [7, 11) is -0.0214. The number of phosphoric ester groups is 1. The first-order chi connectivity index (χ1) is 18.3. The van der Waals surface area contributed by atoms with Gasteiger partial charge in [0.1, 0.15) is 0 Å². The van der Waals surface area contributed by atoms with Crippen molar-refractivity contribution in [3.8, 4) is 0 Å². The lowest BCUT2D eigenvalue weighted by Crippen LogP contribution is -2.12. The highest BCUT2D eigenvalue weighted by molar-refractivity contribution is 7.46. The van der Waals surface area contributed by atoms with Crippen LogP contribution in [-0.2, 0) is 9.09 Å². The number of nitrogens with zero attached hydrogens (tertiary/aromatic N) is 1. The zero-order valence-corrected chi connectivity index (χ0v) is 27.0. The average Bonchev–Trinajstić information content (AvgIpc) is 2.86. The first-order valence-corrected chi connectivity index (χ1v) is 17.9. The second-order valence-electron chi connectivity index (χ2n) is 11.3. The summed E-state index contributed by atoms with van der Waals surface area (Å²) in [5.41, 5.74) is 0. The van der Waals surface area contributed by atoms with Gasteiger partial charge in [-0.05, 0) is 46.0 Å². The van der Waals surface area contributed by atoms with E-state index in [1.807, 2.05) is 0 Å². The molecule has 0 saturated carbocycles. The molecule has 0 bridgehead atoms. The minimum absolute atomic E-state index is 0.817. The van der Waals surface area contributed by atoms with Gasteiger partial charge in [0.25, 0.3) is 0 Å². The van der Waals surface area contributed by atoms with Crippen molar-refractivity contribution in [2.75, 3.05) is 20.6 Å². The summed E-state index contributed by atoms with van der Waals surface area (Å²) < 4.78 is 14.6. The van der Waals surface area contributed by atoms with Crippen LogP contribution in [0.15, 0.2) is 12.3 Å².